The van der Waals surface area contributed by atoms with E-state index in [9.17, 15) is 14.0 Å². The lowest BCUT2D eigenvalue weighted by molar-refractivity contribution is -0.0660. The van der Waals surface area contributed by atoms with E-state index in [-0.39, 0.29) is 5.91 Å². The second-order valence-electron chi connectivity index (χ2n) is 8.95. The minimum absolute atomic E-state index is 0.343. The van der Waals surface area contributed by atoms with Crippen molar-refractivity contribution in [3.05, 3.63) is 65.0 Å². The molecule has 0 aromatic heterocycles. The maximum atomic E-state index is 13.3. The van der Waals surface area contributed by atoms with E-state index in [2.05, 4.69) is 38.6 Å². The minimum Gasteiger partial charge on any atom is -0.443 e. The predicted molar refractivity (Wildman–Crippen MR) is 124 cm³/mol. The Hall–Kier alpha value is -3.17. The Balaban J connectivity index is 1.35. The molecule has 2 aromatic rings. The molecule has 2 N–H and O–H groups in total. The van der Waals surface area contributed by atoms with Gasteiger partial charge in [-0.2, -0.15) is 0 Å². The number of anilines is 1. The van der Waals surface area contributed by atoms with Crippen LogP contribution in [0.25, 0.3) is 0 Å². The molecular formula is C25H29FN4O4. The van der Waals surface area contributed by atoms with Gasteiger partial charge in [0.2, 0.25) is 0 Å². The van der Waals surface area contributed by atoms with Crippen LogP contribution in [0.4, 0.5) is 14.9 Å². The van der Waals surface area contributed by atoms with Crippen molar-refractivity contribution < 1.29 is 23.5 Å². The summed E-state index contributed by atoms with van der Waals surface area (Å²) in [5, 5.41) is 5.49. The molecule has 0 radical (unpaired) electrons. The number of nitrogens with one attached hydrogen (secondary N) is 2. The monoisotopic (exact) mass is 468 g/mol. The van der Waals surface area contributed by atoms with Crippen LogP contribution < -0.4 is 15.5 Å². The first-order valence-electron chi connectivity index (χ1n) is 11.7. The fourth-order valence-electron chi connectivity index (χ4n) is 4.87. The molecule has 2 aromatic carbocycles. The van der Waals surface area contributed by atoms with Crippen molar-refractivity contribution in [1.29, 1.82) is 0 Å². The van der Waals surface area contributed by atoms with E-state index in [1.165, 1.54) is 31.3 Å². The number of piperazine rings is 1. The molecule has 2 atom stereocenters. The van der Waals surface area contributed by atoms with Crippen molar-refractivity contribution in [2.45, 2.75) is 24.6 Å². The Morgan fingerprint density at radius 2 is 1.79 bits per heavy atom. The van der Waals surface area contributed by atoms with Gasteiger partial charge in [0.15, 0.2) is 0 Å². The molecule has 3 aliphatic rings. The van der Waals surface area contributed by atoms with Gasteiger partial charge in [-0.25, -0.2) is 9.18 Å². The third-order valence-electron chi connectivity index (χ3n) is 6.93. The molecule has 180 valence electrons. The molecular weight excluding hydrogens is 439 g/mol. The maximum absolute atomic E-state index is 13.3. The van der Waals surface area contributed by atoms with E-state index >= 15 is 0 Å². The zero-order valence-electron chi connectivity index (χ0n) is 19.1. The summed E-state index contributed by atoms with van der Waals surface area (Å²) >= 11 is 0. The summed E-state index contributed by atoms with van der Waals surface area (Å²) in [6.45, 7) is 5.44. The average molecular weight is 469 g/mol. The molecule has 2 saturated heterocycles. The Labute approximate surface area is 198 Å². The van der Waals surface area contributed by atoms with Gasteiger partial charge in [-0.3, -0.25) is 9.69 Å². The summed E-state index contributed by atoms with van der Waals surface area (Å²) in [5.74, 6) is -0.747. The third-order valence-corrected chi connectivity index (χ3v) is 6.93. The molecule has 8 nitrogen and oxygen atoms in total. The maximum Gasteiger partial charge on any atom is 0.407 e. The number of amides is 2. The number of alkyl carbamates (subject to hydrolysis) is 1. The Kier molecular flexibility index (Phi) is 6.38. The third kappa shape index (κ3) is 4.58. The normalized spacial score (nSPS) is 22.6. The van der Waals surface area contributed by atoms with Crippen LogP contribution in [-0.2, 0) is 15.9 Å². The van der Waals surface area contributed by atoms with Gasteiger partial charge in [-0.1, -0.05) is 6.07 Å². The second-order valence-corrected chi connectivity index (χ2v) is 8.95. The van der Waals surface area contributed by atoms with Gasteiger partial charge in [-0.15, -0.1) is 0 Å². The highest BCUT2D eigenvalue weighted by Gasteiger charge is 2.37. The molecule has 34 heavy (non-hydrogen) atoms. The first-order chi connectivity index (χ1) is 16.5. The van der Waals surface area contributed by atoms with Crippen molar-refractivity contribution in [2.24, 2.45) is 0 Å². The average Bonchev–Trinajstić information content (AvgIpc) is 3.14. The second kappa shape index (κ2) is 9.60. The zero-order chi connectivity index (χ0) is 23.7. The summed E-state index contributed by atoms with van der Waals surface area (Å²) in [5.41, 5.74) is 3.41. The number of hydrogen-bond acceptors (Lipinski definition) is 6. The molecule has 2 aliphatic heterocycles. The number of ether oxygens (including phenoxy) is 2. The summed E-state index contributed by atoms with van der Waals surface area (Å²) in [7, 11) is 1.50. The standard InChI is InChI=1S/C25H29FN4O4/c1-27-25(32)34-22-12-17-4-7-19(29-8-10-30(11-9-29)20-14-33-15-20)13-21(17)23(22)28-24(31)16-2-5-18(26)6-3-16/h2-7,13,20,22-23H,8-12,14-15H2,1H3,(H,27,32)(H,28,31)/t22-,23-/m0/s1. The summed E-state index contributed by atoms with van der Waals surface area (Å²) in [4.78, 5) is 29.7. The molecule has 9 heteroatoms. The Morgan fingerprint density at radius 1 is 1.06 bits per heavy atom. The van der Waals surface area contributed by atoms with Gasteiger partial charge in [0.05, 0.1) is 25.3 Å². The van der Waals surface area contributed by atoms with Crippen LogP contribution in [0.5, 0.6) is 0 Å². The van der Waals surface area contributed by atoms with Gasteiger partial charge in [0, 0.05) is 50.9 Å². The molecule has 0 bridgehead atoms. The fraction of sp³-hybridized carbons (Fsp3) is 0.440. The highest BCUT2D eigenvalue weighted by molar-refractivity contribution is 5.94. The van der Waals surface area contributed by atoms with Crippen LogP contribution in [0.2, 0.25) is 0 Å². The minimum atomic E-state index is -0.546. The Morgan fingerprint density at radius 3 is 2.44 bits per heavy atom. The molecule has 0 saturated carbocycles. The summed E-state index contributed by atoms with van der Waals surface area (Å²) in [6.07, 6.45) is -0.576. The topological polar surface area (TPSA) is 83.1 Å². The molecule has 2 amide bonds. The van der Waals surface area contributed by atoms with E-state index in [4.69, 9.17) is 9.47 Å². The van der Waals surface area contributed by atoms with Crippen molar-refractivity contribution in [3.8, 4) is 0 Å². The molecule has 2 fully saturated rings. The lowest BCUT2D eigenvalue weighted by Gasteiger charge is -2.43. The predicted octanol–water partition coefficient (Wildman–Crippen LogP) is 2.10. The highest BCUT2D eigenvalue weighted by atomic mass is 19.1. The molecule has 0 unspecified atom stereocenters. The lowest BCUT2D eigenvalue weighted by atomic mass is 10.0. The largest absolute Gasteiger partial charge is 0.443 e. The summed E-state index contributed by atoms with van der Waals surface area (Å²) in [6, 6.07) is 11.7. The van der Waals surface area contributed by atoms with Crippen LogP contribution >= 0.6 is 0 Å². The van der Waals surface area contributed by atoms with Gasteiger partial charge < -0.3 is 25.0 Å². The van der Waals surface area contributed by atoms with Crippen LogP contribution in [0.1, 0.15) is 27.5 Å². The van der Waals surface area contributed by atoms with E-state index in [1.54, 1.807) is 0 Å². The molecule has 2 heterocycles. The van der Waals surface area contributed by atoms with Gasteiger partial charge >= 0.3 is 6.09 Å². The summed E-state index contributed by atoms with van der Waals surface area (Å²) < 4.78 is 24.2. The van der Waals surface area contributed by atoms with Crippen LogP contribution in [-0.4, -0.2) is 75.5 Å². The number of benzene rings is 2. The number of rotatable bonds is 5. The highest BCUT2D eigenvalue weighted by Crippen LogP contribution is 2.36. The number of fused-ring (bicyclic) bond motifs is 1. The molecule has 5 rings (SSSR count). The van der Waals surface area contributed by atoms with Crippen molar-refractivity contribution in [3.63, 3.8) is 0 Å². The molecule has 0 spiro atoms. The van der Waals surface area contributed by atoms with Crippen LogP contribution in [0, 0.1) is 5.82 Å². The van der Waals surface area contributed by atoms with Gasteiger partial charge in [0.25, 0.3) is 5.91 Å². The number of hydrogen-bond donors (Lipinski definition) is 2. The first-order valence-corrected chi connectivity index (χ1v) is 11.7. The Bertz CT molecular complexity index is 1050. The van der Waals surface area contributed by atoms with E-state index in [0.29, 0.717) is 18.0 Å². The number of halogens is 1. The smallest absolute Gasteiger partial charge is 0.407 e. The van der Waals surface area contributed by atoms with E-state index in [0.717, 1.165) is 56.2 Å². The number of carbonyl (C=O) groups excluding carboxylic acids is 2. The number of nitrogens with zero attached hydrogens (tertiary/aromatic N) is 2. The van der Waals surface area contributed by atoms with Crippen LogP contribution in [0.15, 0.2) is 42.5 Å². The van der Waals surface area contributed by atoms with Crippen molar-refractivity contribution >= 4 is 17.7 Å². The molecule has 1 aliphatic carbocycles. The first kappa shape index (κ1) is 22.6. The fourth-order valence-corrected chi connectivity index (χ4v) is 4.87. The zero-order valence-corrected chi connectivity index (χ0v) is 19.1. The van der Waals surface area contributed by atoms with Gasteiger partial charge in [0.1, 0.15) is 11.9 Å². The SMILES string of the molecule is CNC(=O)O[C@H]1Cc2ccc(N3CCN(C4COC4)CC3)cc2[C@@H]1NC(=O)c1ccc(F)cc1. The van der Waals surface area contributed by atoms with Crippen molar-refractivity contribution in [2.75, 3.05) is 51.3 Å². The van der Waals surface area contributed by atoms with Crippen LogP contribution in [0.3, 0.4) is 0 Å². The van der Waals surface area contributed by atoms with E-state index in [1.807, 2.05) is 0 Å². The quantitative estimate of drug-likeness (QED) is 0.700. The number of carbonyl (C=O) groups is 2. The van der Waals surface area contributed by atoms with Crippen molar-refractivity contribution in [1.82, 2.24) is 15.5 Å². The van der Waals surface area contributed by atoms with E-state index < -0.39 is 24.1 Å². The lowest BCUT2D eigenvalue weighted by Crippen LogP contribution is -2.56. The van der Waals surface area contributed by atoms with Gasteiger partial charge in [-0.05, 0) is 47.5 Å².